The molecule has 0 aromatic rings. The quantitative estimate of drug-likeness (QED) is 0.495. The van der Waals surface area contributed by atoms with Gasteiger partial charge in [-0.05, 0) is 30.1 Å². The van der Waals surface area contributed by atoms with Crippen LogP contribution in [0.15, 0.2) is 0 Å². The standard InChI is InChI=1S/C15H25NO4/c1-12(2)4-7-8(5-12)13(3)10-14(16,9(7)17)6-20-15(10,19)11(13)18/h7-11,17-19H,4-6,16H2,1-3H3/t7-,8+,9+,10?,11+,13?,14-,15+/m1/s1. The van der Waals surface area contributed by atoms with Crippen LogP contribution in [-0.4, -0.2) is 45.5 Å². The van der Waals surface area contributed by atoms with E-state index in [-0.39, 0.29) is 29.8 Å². The molecule has 0 aromatic heterocycles. The van der Waals surface area contributed by atoms with Gasteiger partial charge < -0.3 is 25.8 Å². The zero-order chi connectivity index (χ0) is 14.7. The van der Waals surface area contributed by atoms with E-state index < -0.39 is 28.9 Å². The Bertz CT molecular complexity index is 482. The van der Waals surface area contributed by atoms with Gasteiger partial charge in [0.2, 0.25) is 0 Å². The van der Waals surface area contributed by atoms with Crippen molar-refractivity contribution in [1.82, 2.24) is 0 Å². The first-order valence-corrected chi connectivity index (χ1v) is 7.59. The first kappa shape index (κ1) is 13.5. The molecule has 3 saturated carbocycles. The molecule has 4 aliphatic rings. The third kappa shape index (κ3) is 1.13. The van der Waals surface area contributed by atoms with Gasteiger partial charge in [0.05, 0.1) is 18.2 Å². The zero-order valence-electron chi connectivity index (χ0n) is 12.3. The van der Waals surface area contributed by atoms with E-state index in [0.29, 0.717) is 0 Å². The summed E-state index contributed by atoms with van der Waals surface area (Å²) in [6.07, 6.45) is 0.268. The lowest BCUT2D eigenvalue weighted by Gasteiger charge is -2.68. The van der Waals surface area contributed by atoms with Gasteiger partial charge in [-0.1, -0.05) is 20.8 Å². The fraction of sp³-hybridized carbons (Fsp3) is 1.00. The highest BCUT2D eigenvalue weighted by atomic mass is 16.7. The number of hydrogen-bond acceptors (Lipinski definition) is 5. The van der Waals surface area contributed by atoms with E-state index in [1.807, 2.05) is 6.92 Å². The lowest BCUT2D eigenvalue weighted by Crippen LogP contribution is -2.83. The lowest BCUT2D eigenvalue weighted by atomic mass is 9.39. The molecule has 0 amide bonds. The molecule has 5 nitrogen and oxygen atoms in total. The Balaban J connectivity index is 1.85. The van der Waals surface area contributed by atoms with Gasteiger partial charge in [0.15, 0.2) is 5.79 Å². The Morgan fingerprint density at radius 2 is 1.80 bits per heavy atom. The Morgan fingerprint density at radius 3 is 2.45 bits per heavy atom. The Hall–Kier alpha value is -0.200. The molecule has 8 atom stereocenters. The summed E-state index contributed by atoms with van der Waals surface area (Å²) in [5, 5.41) is 31.9. The number of fused-ring (bicyclic) bond motifs is 2. The van der Waals surface area contributed by atoms with Crippen molar-refractivity contribution < 1.29 is 20.1 Å². The number of nitrogens with two attached hydrogens (primary N) is 1. The average Bonchev–Trinajstić information content (AvgIpc) is 2.82. The molecule has 0 radical (unpaired) electrons. The van der Waals surface area contributed by atoms with Crippen LogP contribution in [0.2, 0.25) is 0 Å². The molecular weight excluding hydrogens is 258 g/mol. The fourth-order valence-corrected chi connectivity index (χ4v) is 6.26. The average molecular weight is 283 g/mol. The number of hydrogen-bond donors (Lipinski definition) is 4. The first-order valence-electron chi connectivity index (χ1n) is 7.59. The van der Waals surface area contributed by atoms with Crippen LogP contribution in [0, 0.1) is 28.6 Å². The minimum absolute atomic E-state index is 0.0807. The number of aliphatic hydroxyl groups excluding tert-OH is 2. The molecule has 4 fully saturated rings. The maximum Gasteiger partial charge on any atom is 0.198 e. The van der Waals surface area contributed by atoms with Crippen molar-refractivity contribution in [3.05, 3.63) is 0 Å². The fourth-order valence-electron chi connectivity index (χ4n) is 6.26. The first-order chi connectivity index (χ1) is 9.07. The lowest BCUT2D eigenvalue weighted by molar-refractivity contribution is -0.389. The van der Waals surface area contributed by atoms with E-state index in [1.54, 1.807) is 0 Å². The van der Waals surface area contributed by atoms with Crippen molar-refractivity contribution in [3.8, 4) is 0 Å². The van der Waals surface area contributed by atoms with E-state index >= 15 is 0 Å². The minimum Gasteiger partial charge on any atom is -0.391 e. The van der Waals surface area contributed by atoms with Crippen LogP contribution in [0.3, 0.4) is 0 Å². The van der Waals surface area contributed by atoms with Gasteiger partial charge in [-0.25, -0.2) is 0 Å². The van der Waals surface area contributed by atoms with Crippen LogP contribution in [0.25, 0.3) is 0 Å². The summed E-state index contributed by atoms with van der Waals surface area (Å²) in [6.45, 7) is 6.53. The van der Waals surface area contributed by atoms with Crippen molar-refractivity contribution in [2.45, 2.75) is 57.1 Å². The second kappa shape index (κ2) is 3.25. The van der Waals surface area contributed by atoms with Crippen molar-refractivity contribution >= 4 is 0 Å². The topological polar surface area (TPSA) is 95.9 Å². The summed E-state index contributed by atoms with van der Waals surface area (Å²) >= 11 is 0. The molecule has 5 N–H and O–H groups in total. The minimum atomic E-state index is -1.57. The molecule has 5 heteroatoms. The molecule has 1 saturated heterocycles. The highest BCUT2D eigenvalue weighted by Gasteiger charge is 2.84. The van der Waals surface area contributed by atoms with Crippen LogP contribution in [0.5, 0.6) is 0 Å². The van der Waals surface area contributed by atoms with Gasteiger partial charge in [0, 0.05) is 11.3 Å². The van der Waals surface area contributed by atoms with E-state index in [9.17, 15) is 15.3 Å². The molecular formula is C15H25NO4. The maximum absolute atomic E-state index is 10.8. The van der Waals surface area contributed by atoms with E-state index in [1.165, 1.54) is 0 Å². The highest BCUT2D eigenvalue weighted by Crippen LogP contribution is 2.73. The molecule has 3 aliphatic carbocycles. The van der Waals surface area contributed by atoms with Crippen LogP contribution >= 0.6 is 0 Å². The van der Waals surface area contributed by atoms with Gasteiger partial charge in [-0.15, -0.1) is 0 Å². The van der Waals surface area contributed by atoms with Crippen molar-refractivity contribution in [2.24, 2.45) is 34.3 Å². The molecule has 1 heterocycles. The van der Waals surface area contributed by atoms with Crippen LogP contribution in [0.1, 0.15) is 33.6 Å². The van der Waals surface area contributed by atoms with Gasteiger partial charge in [-0.2, -0.15) is 0 Å². The van der Waals surface area contributed by atoms with Crippen molar-refractivity contribution in [2.75, 3.05) is 6.61 Å². The third-order valence-corrected chi connectivity index (χ3v) is 6.94. The number of rotatable bonds is 0. The zero-order valence-corrected chi connectivity index (χ0v) is 12.3. The van der Waals surface area contributed by atoms with Crippen LogP contribution in [0.4, 0.5) is 0 Å². The van der Waals surface area contributed by atoms with E-state index in [0.717, 1.165) is 12.8 Å². The van der Waals surface area contributed by atoms with Gasteiger partial charge in [0.1, 0.15) is 6.10 Å². The smallest absolute Gasteiger partial charge is 0.198 e. The number of aliphatic hydroxyl groups is 3. The third-order valence-electron chi connectivity index (χ3n) is 6.94. The Morgan fingerprint density at radius 1 is 1.15 bits per heavy atom. The largest absolute Gasteiger partial charge is 0.391 e. The van der Waals surface area contributed by atoms with Crippen LogP contribution in [-0.2, 0) is 4.74 Å². The maximum atomic E-state index is 10.8. The summed E-state index contributed by atoms with van der Waals surface area (Å²) in [7, 11) is 0. The normalized spacial score (nSPS) is 66.5. The Labute approximate surface area is 119 Å². The summed E-state index contributed by atoms with van der Waals surface area (Å²) in [6, 6.07) is 0. The van der Waals surface area contributed by atoms with Gasteiger partial charge >= 0.3 is 0 Å². The van der Waals surface area contributed by atoms with E-state index in [2.05, 4.69) is 13.8 Å². The number of ether oxygens (including phenoxy) is 1. The molecule has 1 aliphatic heterocycles. The molecule has 0 bridgehead atoms. The summed E-state index contributed by atoms with van der Waals surface area (Å²) in [5.41, 5.74) is 5.20. The highest BCUT2D eigenvalue weighted by molar-refractivity contribution is 5.31. The summed E-state index contributed by atoms with van der Waals surface area (Å²) < 4.78 is 5.44. The van der Waals surface area contributed by atoms with E-state index in [4.69, 9.17) is 10.5 Å². The van der Waals surface area contributed by atoms with Crippen LogP contribution < -0.4 is 5.73 Å². The second-order valence-electron chi connectivity index (χ2n) is 8.64. The predicted molar refractivity (Wildman–Crippen MR) is 71.4 cm³/mol. The Kier molecular flexibility index (Phi) is 2.19. The molecule has 0 spiro atoms. The second-order valence-corrected chi connectivity index (χ2v) is 8.64. The predicted octanol–water partition coefficient (Wildman–Crippen LogP) is -0.173. The molecule has 20 heavy (non-hydrogen) atoms. The monoisotopic (exact) mass is 283 g/mol. The molecule has 0 aromatic carbocycles. The summed E-state index contributed by atoms with van der Waals surface area (Å²) in [5.74, 6) is -1.69. The molecule has 2 unspecified atom stereocenters. The van der Waals surface area contributed by atoms with Gasteiger partial charge in [0.25, 0.3) is 0 Å². The molecule has 4 rings (SSSR count). The van der Waals surface area contributed by atoms with Crippen molar-refractivity contribution in [3.63, 3.8) is 0 Å². The van der Waals surface area contributed by atoms with Gasteiger partial charge in [-0.3, -0.25) is 0 Å². The van der Waals surface area contributed by atoms with Crippen molar-refractivity contribution in [1.29, 1.82) is 0 Å². The SMILES string of the molecule is CC1(C)C[C@@H]2[C@H](C1)C1(C)C3[C@](O)(OC[C@@]3(N)[C@H]2O)[C@H]1O. The molecule has 114 valence electrons. The summed E-state index contributed by atoms with van der Waals surface area (Å²) in [4.78, 5) is 0.